The highest BCUT2D eigenvalue weighted by Gasteiger charge is 2.33. The van der Waals surface area contributed by atoms with Crippen LogP contribution >= 0.6 is 0 Å². The molecule has 1 unspecified atom stereocenters. The van der Waals surface area contributed by atoms with Crippen molar-refractivity contribution < 1.29 is 9.90 Å². The molecule has 0 aliphatic heterocycles. The van der Waals surface area contributed by atoms with Crippen LogP contribution in [0.1, 0.15) is 25.8 Å². The highest BCUT2D eigenvalue weighted by atomic mass is 16.4. The maximum atomic E-state index is 11.5. The quantitative estimate of drug-likeness (QED) is 0.881. The van der Waals surface area contributed by atoms with Crippen molar-refractivity contribution in [1.82, 2.24) is 4.57 Å². The summed E-state index contributed by atoms with van der Waals surface area (Å²) in [7, 11) is 0. The Morgan fingerprint density at radius 1 is 1.41 bits per heavy atom. The highest BCUT2D eigenvalue weighted by Crippen LogP contribution is 2.28. The van der Waals surface area contributed by atoms with Gasteiger partial charge in [-0.1, -0.05) is 19.1 Å². The van der Waals surface area contributed by atoms with Gasteiger partial charge in [0.1, 0.15) is 5.54 Å². The number of nitrogens with zero attached hydrogens (tertiary/aromatic N) is 1. The van der Waals surface area contributed by atoms with Gasteiger partial charge in [0, 0.05) is 11.7 Å². The van der Waals surface area contributed by atoms with Crippen molar-refractivity contribution in [2.75, 3.05) is 0 Å². The van der Waals surface area contributed by atoms with E-state index in [1.54, 1.807) is 6.92 Å². The van der Waals surface area contributed by atoms with E-state index < -0.39 is 11.5 Å². The number of aliphatic carboxylic acids is 1. The van der Waals surface area contributed by atoms with Crippen LogP contribution in [-0.4, -0.2) is 15.6 Å². The first-order chi connectivity index (χ1) is 7.99. The molecule has 1 N–H and O–H groups in total. The van der Waals surface area contributed by atoms with Gasteiger partial charge in [-0.2, -0.15) is 0 Å². The molecule has 1 aromatic heterocycles. The van der Waals surface area contributed by atoms with E-state index in [-0.39, 0.29) is 0 Å². The lowest BCUT2D eigenvalue weighted by Crippen LogP contribution is -2.37. The molecule has 0 radical (unpaired) electrons. The number of hydrogen-bond acceptors (Lipinski definition) is 1. The largest absolute Gasteiger partial charge is 0.479 e. The Labute approximate surface area is 101 Å². The van der Waals surface area contributed by atoms with Gasteiger partial charge in [0.15, 0.2) is 0 Å². The van der Waals surface area contributed by atoms with Crippen LogP contribution in [0.25, 0.3) is 10.9 Å². The second-order valence-corrected chi connectivity index (χ2v) is 4.68. The number of carboxylic acids is 1. The van der Waals surface area contributed by atoms with Crippen molar-refractivity contribution >= 4 is 16.9 Å². The molecule has 3 heteroatoms. The summed E-state index contributed by atoms with van der Waals surface area (Å²) < 4.78 is 1.86. The summed E-state index contributed by atoms with van der Waals surface area (Å²) in [6, 6.07) is 8.06. The number of benzene rings is 1. The van der Waals surface area contributed by atoms with E-state index in [0.29, 0.717) is 6.42 Å². The lowest BCUT2D eigenvalue weighted by atomic mass is 9.98. The van der Waals surface area contributed by atoms with E-state index in [9.17, 15) is 9.90 Å². The molecule has 0 aliphatic carbocycles. The summed E-state index contributed by atoms with van der Waals surface area (Å²) in [4.78, 5) is 11.5. The number of aromatic nitrogens is 1. The van der Waals surface area contributed by atoms with Gasteiger partial charge in [0.25, 0.3) is 0 Å². The average Bonchev–Trinajstić information content (AvgIpc) is 2.71. The lowest BCUT2D eigenvalue weighted by molar-refractivity contribution is -0.146. The monoisotopic (exact) mass is 231 g/mol. The molecule has 2 aromatic rings. The fraction of sp³-hybridized carbons (Fsp3) is 0.357. The summed E-state index contributed by atoms with van der Waals surface area (Å²) in [6.07, 6.45) is 2.42. The molecule has 1 aromatic carbocycles. The minimum atomic E-state index is -0.879. The van der Waals surface area contributed by atoms with E-state index in [4.69, 9.17) is 0 Å². The van der Waals surface area contributed by atoms with Gasteiger partial charge < -0.3 is 9.67 Å². The third-order valence-corrected chi connectivity index (χ3v) is 3.53. The Balaban J connectivity index is 2.70. The van der Waals surface area contributed by atoms with Crippen LogP contribution < -0.4 is 0 Å². The zero-order valence-corrected chi connectivity index (χ0v) is 10.4. The SMILES string of the molecule is CCC(C)(C(=O)O)n1ccc2ccc(C)cc21. The van der Waals surface area contributed by atoms with Crippen molar-refractivity contribution in [3.63, 3.8) is 0 Å². The molecule has 3 nitrogen and oxygen atoms in total. The molecule has 2 rings (SSSR count). The van der Waals surface area contributed by atoms with E-state index in [1.165, 1.54) is 0 Å². The summed E-state index contributed by atoms with van der Waals surface area (Å²) in [6.45, 7) is 5.67. The Bertz CT molecular complexity index is 571. The highest BCUT2D eigenvalue weighted by molar-refractivity contribution is 5.85. The van der Waals surface area contributed by atoms with Gasteiger partial charge in [0.05, 0.1) is 0 Å². The summed E-state index contributed by atoms with van der Waals surface area (Å²) in [5.74, 6) is -0.793. The third kappa shape index (κ3) is 1.71. The summed E-state index contributed by atoms with van der Waals surface area (Å²) >= 11 is 0. The standard InChI is InChI=1S/C14H17NO2/c1-4-14(3,13(16)17)15-8-7-11-6-5-10(2)9-12(11)15/h5-9H,4H2,1-3H3,(H,16,17). The predicted octanol–water partition coefficient (Wildman–Crippen LogP) is 3.16. The second kappa shape index (κ2) is 3.91. The molecule has 0 spiro atoms. The topological polar surface area (TPSA) is 42.2 Å². The van der Waals surface area contributed by atoms with Gasteiger partial charge in [-0.15, -0.1) is 0 Å². The van der Waals surface area contributed by atoms with Gasteiger partial charge in [-0.3, -0.25) is 0 Å². The molecule has 1 atom stereocenters. The molecule has 17 heavy (non-hydrogen) atoms. The fourth-order valence-electron chi connectivity index (χ4n) is 2.09. The van der Waals surface area contributed by atoms with Gasteiger partial charge in [-0.25, -0.2) is 4.79 Å². The summed E-state index contributed by atoms with van der Waals surface area (Å²) in [5, 5.41) is 10.5. The smallest absolute Gasteiger partial charge is 0.329 e. The first-order valence-corrected chi connectivity index (χ1v) is 5.80. The number of fused-ring (bicyclic) bond motifs is 1. The van der Waals surface area contributed by atoms with Crippen molar-refractivity contribution in [3.05, 3.63) is 36.0 Å². The molecule has 0 bridgehead atoms. The van der Waals surface area contributed by atoms with Crippen LogP contribution in [0.2, 0.25) is 0 Å². The zero-order chi connectivity index (χ0) is 12.6. The number of carboxylic acid groups (broad SMARTS) is 1. The van der Waals surface area contributed by atoms with Gasteiger partial charge in [-0.05, 0) is 43.4 Å². The number of aryl methyl sites for hydroxylation is 1. The van der Waals surface area contributed by atoms with E-state index in [1.807, 2.05) is 48.9 Å². The third-order valence-electron chi connectivity index (χ3n) is 3.53. The van der Waals surface area contributed by atoms with Crippen LogP contribution in [0.5, 0.6) is 0 Å². The van der Waals surface area contributed by atoms with E-state index in [2.05, 4.69) is 0 Å². The lowest BCUT2D eigenvalue weighted by Gasteiger charge is -2.26. The number of rotatable bonds is 3. The molecule has 0 saturated heterocycles. The van der Waals surface area contributed by atoms with E-state index >= 15 is 0 Å². The molecule has 0 saturated carbocycles. The van der Waals surface area contributed by atoms with Crippen molar-refractivity contribution in [2.45, 2.75) is 32.7 Å². The van der Waals surface area contributed by atoms with Crippen molar-refractivity contribution in [3.8, 4) is 0 Å². The van der Waals surface area contributed by atoms with Crippen LogP contribution in [-0.2, 0) is 10.3 Å². The predicted molar refractivity (Wildman–Crippen MR) is 68.2 cm³/mol. The molecule has 1 heterocycles. The van der Waals surface area contributed by atoms with Gasteiger partial charge >= 0.3 is 5.97 Å². The Hall–Kier alpha value is -1.77. The normalized spacial score (nSPS) is 14.8. The van der Waals surface area contributed by atoms with Crippen LogP contribution in [0.3, 0.4) is 0 Å². The zero-order valence-electron chi connectivity index (χ0n) is 10.4. The molecule has 90 valence electrons. The number of hydrogen-bond donors (Lipinski definition) is 1. The second-order valence-electron chi connectivity index (χ2n) is 4.68. The Morgan fingerprint density at radius 2 is 2.12 bits per heavy atom. The van der Waals surface area contributed by atoms with Crippen LogP contribution in [0.4, 0.5) is 0 Å². The molecule has 0 aliphatic rings. The van der Waals surface area contributed by atoms with Crippen molar-refractivity contribution in [1.29, 1.82) is 0 Å². The Kier molecular flexibility index (Phi) is 2.69. The molecule has 0 fully saturated rings. The maximum absolute atomic E-state index is 11.5. The van der Waals surface area contributed by atoms with E-state index in [0.717, 1.165) is 16.5 Å². The molecular formula is C14H17NO2. The first-order valence-electron chi connectivity index (χ1n) is 5.80. The average molecular weight is 231 g/mol. The summed E-state index contributed by atoms with van der Waals surface area (Å²) in [5.41, 5.74) is 1.24. The fourth-order valence-corrected chi connectivity index (χ4v) is 2.09. The number of carbonyl (C=O) groups is 1. The van der Waals surface area contributed by atoms with Gasteiger partial charge in [0.2, 0.25) is 0 Å². The van der Waals surface area contributed by atoms with Crippen LogP contribution in [0, 0.1) is 6.92 Å². The maximum Gasteiger partial charge on any atom is 0.329 e. The molecule has 0 amide bonds. The minimum absolute atomic E-state index is 0.556. The Morgan fingerprint density at radius 3 is 2.71 bits per heavy atom. The molecular weight excluding hydrogens is 214 g/mol. The van der Waals surface area contributed by atoms with Crippen molar-refractivity contribution in [2.24, 2.45) is 0 Å². The first kappa shape index (κ1) is 11.7. The van der Waals surface area contributed by atoms with Crippen LogP contribution in [0.15, 0.2) is 30.5 Å². The minimum Gasteiger partial charge on any atom is -0.479 e.